The summed E-state index contributed by atoms with van der Waals surface area (Å²) >= 11 is 0. The summed E-state index contributed by atoms with van der Waals surface area (Å²) in [6, 6.07) is 12.3. The summed E-state index contributed by atoms with van der Waals surface area (Å²) in [5.41, 5.74) is 2.26. The van der Waals surface area contributed by atoms with Crippen LogP contribution in [-0.4, -0.2) is 19.7 Å². The maximum absolute atomic E-state index is 4.65. The van der Waals surface area contributed by atoms with E-state index in [4.69, 9.17) is 0 Å². The molecule has 0 bridgehead atoms. The molecule has 2 aromatic heterocycles. The van der Waals surface area contributed by atoms with Gasteiger partial charge in [-0.25, -0.2) is 14.6 Å². The number of hydrogen-bond acceptors (Lipinski definition) is 4. The third kappa shape index (κ3) is 2.95. The molecule has 2 heterocycles. The minimum absolute atomic E-state index is 0.123. The molecule has 1 unspecified atom stereocenters. The van der Waals surface area contributed by atoms with Gasteiger partial charge in [-0.2, -0.15) is 5.10 Å². The molecule has 5 heteroatoms. The average Bonchev–Trinajstić information content (AvgIpc) is 3.30. The summed E-state index contributed by atoms with van der Waals surface area (Å²) in [6.07, 6.45) is 8.01. The second-order valence-corrected chi connectivity index (χ2v) is 5.95. The molecule has 1 aliphatic rings. The Hall–Kier alpha value is -2.69. The summed E-state index contributed by atoms with van der Waals surface area (Å²) < 4.78 is 1.89. The van der Waals surface area contributed by atoms with Gasteiger partial charge in [0, 0.05) is 24.5 Å². The van der Waals surface area contributed by atoms with Crippen molar-refractivity contribution < 1.29 is 0 Å². The number of nitrogens with one attached hydrogen (secondary N) is 1. The molecule has 0 amide bonds. The SMILES string of the molecule is CC(Nc1ccnc(C2CC2)n1)c1ccccc1-n1cccn1. The van der Waals surface area contributed by atoms with Gasteiger partial charge in [0.2, 0.25) is 0 Å². The second kappa shape index (κ2) is 5.83. The lowest BCUT2D eigenvalue weighted by molar-refractivity contribution is 0.809. The van der Waals surface area contributed by atoms with Gasteiger partial charge in [0.05, 0.1) is 11.7 Å². The number of anilines is 1. The van der Waals surface area contributed by atoms with Crippen LogP contribution in [0.3, 0.4) is 0 Å². The number of hydrogen-bond donors (Lipinski definition) is 1. The lowest BCUT2D eigenvalue weighted by Gasteiger charge is -2.18. The Morgan fingerprint density at radius 2 is 2.00 bits per heavy atom. The van der Waals surface area contributed by atoms with Crippen molar-refractivity contribution in [2.24, 2.45) is 0 Å². The highest BCUT2D eigenvalue weighted by Gasteiger charge is 2.26. The molecular formula is C18H19N5. The van der Waals surface area contributed by atoms with E-state index in [1.54, 1.807) is 6.20 Å². The normalized spacial score (nSPS) is 15.3. The van der Waals surface area contributed by atoms with Gasteiger partial charge in [-0.15, -0.1) is 0 Å². The quantitative estimate of drug-likeness (QED) is 0.780. The molecule has 3 aromatic rings. The van der Waals surface area contributed by atoms with Gasteiger partial charge < -0.3 is 5.32 Å². The van der Waals surface area contributed by atoms with Crippen LogP contribution in [0.5, 0.6) is 0 Å². The van der Waals surface area contributed by atoms with Crippen molar-refractivity contribution in [1.29, 1.82) is 0 Å². The Labute approximate surface area is 135 Å². The number of nitrogens with zero attached hydrogens (tertiary/aromatic N) is 4. The fraction of sp³-hybridized carbons (Fsp3) is 0.278. The highest BCUT2D eigenvalue weighted by Crippen LogP contribution is 2.38. The first-order chi connectivity index (χ1) is 11.3. The van der Waals surface area contributed by atoms with Gasteiger partial charge in [0.1, 0.15) is 11.6 Å². The fourth-order valence-electron chi connectivity index (χ4n) is 2.77. The molecule has 4 rings (SSSR count). The lowest BCUT2D eigenvalue weighted by atomic mass is 10.1. The average molecular weight is 305 g/mol. The maximum atomic E-state index is 4.65. The van der Waals surface area contributed by atoms with E-state index in [0.29, 0.717) is 5.92 Å². The molecule has 1 aromatic carbocycles. The van der Waals surface area contributed by atoms with Crippen molar-refractivity contribution in [3.63, 3.8) is 0 Å². The van der Waals surface area contributed by atoms with Crippen molar-refractivity contribution in [2.75, 3.05) is 5.32 Å². The summed E-state index contributed by atoms with van der Waals surface area (Å²) in [5.74, 6) is 2.40. The second-order valence-electron chi connectivity index (χ2n) is 5.95. The molecule has 1 saturated carbocycles. The Morgan fingerprint density at radius 3 is 2.78 bits per heavy atom. The fourth-order valence-corrected chi connectivity index (χ4v) is 2.77. The predicted molar refractivity (Wildman–Crippen MR) is 89.6 cm³/mol. The number of para-hydroxylation sites is 1. The van der Waals surface area contributed by atoms with E-state index in [1.807, 2.05) is 35.3 Å². The number of benzene rings is 1. The summed E-state index contributed by atoms with van der Waals surface area (Å²) in [7, 11) is 0. The number of aromatic nitrogens is 4. The minimum atomic E-state index is 0.123. The van der Waals surface area contributed by atoms with E-state index in [-0.39, 0.29) is 6.04 Å². The standard InChI is InChI=1S/C18H19N5/c1-13(21-17-9-11-19-18(22-17)14-7-8-14)15-5-2-3-6-16(15)23-12-4-10-20-23/h2-6,9-14H,7-8H2,1H3,(H,19,21,22). The Morgan fingerprint density at radius 1 is 1.13 bits per heavy atom. The van der Waals surface area contributed by atoms with Gasteiger partial charge >= 0.3 is 0 Å². The zero-order valence-corrected chi connectivity index (χ0v) is 13.1. The first-order valence-electron chi connectivity index (χ1n) is 7.99. The topological polar surface area (TPSA) is 55.6 Å². The summed E-state index contributed by atoms with van der Waals surface area (Å²) in [4.78, 5) is 9.02. The number of rotatable bonds is 5. The molecular weight excluding hydrogens is 286 g/mol. The highest BCUT2D eigenvalue weighted by atomic mass is 15.3. The first-order valence-corrected chi connectivity index (χ1v) is 7.99. The van der Waals surface area contributed by atoms with E-state index in [9.17, 15) is 0 Å². The molecule has 1 atom stereocenters. The van der Waals surface area contributed by atoms with Crippen LogP contribution in [0.15, 0.2) is 55.0 Å². The molecule has 23 heavy (non-hydrogen) atoms. The molecule has 1 aliphatic carbocycles. The van der Waals surface area contributed by atoms with Crippen molar-refractivity contribution in [1.82, 2.24) is 19.7 Å². The molecule has 5 nitrogen and oxygen atoms in total. The van der Waals surface area contributed by atoms with Crippen LogP contribution in [-0.2, 0) is 0 Å². The van der Waals surface area contributed by atoms with Crippen LogP contribution < -0.4 is 5.32 Å². The van der Waals surface area contributed by atoms with Crippen LogP contribution in [0.4, 0.5) is 5.82 Å². The van der Waals surface area contributed by atoms with E-state index in [0.717, 1.165) is 17.3 Å². The van der Waals surface area contributed by atoms with Crippen molar-refractivity contribution in [2.45, 2.75) is 31.7 Å². The molecule has 0 spiro atoms. The van der Waals surface area contributed by atoms with Gasteiger partial charge in [-0.05, 0) is 43.5 Å². The molecule has 0 saturated heterocycles. The van der Waals surface area contributed by atoms with Gasteiger partial charge in [0.15, 0.2) is 0 Å². The zero-order chi connectivity index (χ0) is 15.6. The summed E-state index contributed by atoms with van der Waals surface area (Å²) in [5, 5.41) is 7.84. The van der Waals surface area contributed by atoms with Gasteiger partial charge in [-0.3, -0.25) is 0 Å². The van der Waals surface area contributed by atoms with Gasteiger partial charge in [0.25, 0.3) is 0 Å². The molecule has 116 valence electrons. The van der Waals surface area contributed by atoms with E-state index in [2.05, 4.69) is 45.5 Å². The van der Waals surface area contributed by atoms with Crippen molar-refractivity contribution in [3.8, 4) is 5.69 Å². The molecule has 0 aliphatic heterocycles. The van der Waals surface area contributed by atoms with Crippen LogP contribution >= 0.6 is 0 Å². The first kappa shape index (κ1) is 13.9. The Kier molecular flexibility index (Phi) is 3.54. The van der Waals surface area contributed by atoms with E-state index in [1.165, 1.54) is 18.4 Å². The van der Waals surface area contributed by atoms with Crippen molar-refractivity contribution >= 4 is 5.82 Å². The summed E-state index contributed by atoms with van der Waals surface area (Å²) in [6.45, 7) is 2.14. The van der Waals surface area contributed by atoms with Crippen LogP contribution in [0.25, 0.3) is 5.69 Å². The monoisotopic (exact) mass is 305 g/mol. The predicted octanol–water partition coefficient (Wildman–Crippen LogP) is 3.71. The molecule has 1 fully saturated rings. The Balaban J connectivity index is 1.60. The third-order valence-electron chi connectivity index (χ3n) is 4.14. The largest absolute Gasteiger partial charge is 0.363 e. The third-order valence-corrected chi connectivity index (χ3v) is 4.14. The molecule has 0 radical (unpaired) electrons. The van der Waals surface area contributed by atoms with Gasteiger partial charge in [-0.1, -0.05) is 18.2 Å². The van der Waals surface area contributed by atoms with Crippen LogP contribution in [0.1, 0.15) is 43.1 Å². The van der Waals surface area contributed by atoms with Crippen molar-refractivity contribution in [3.05, 3.63) is 66.4 Å². The smallest absolute Gasteiger partial charge is 0.133 e. The van der Waals surface area contributed by atoms with E-state index >= 15 is 0 Å². The lowest BCUT2D eigenvalue weighted by Crippen LogP contribution is -2.12. The van der Waals surface area contributed by atoms with Crippen LogP contribution in [0.2, 0.25) is 0 Å². The van der Waals surface area contributed by atoms with E-state index < -0.39 is 0 Å². The van der Waals surface area contributed by atoms with Crippen LogP contribution in [0, 0.1) is 0 Å². The maximum Gasteiger partial charge on any atom is 0.133 e. The minimum Gasteiger partial charge on any atom is -0.363 e. The highest BCUT2D eigenvalue weighted by molar-refractivity contribution is 5.46. The molecule has 1 N–H and O–H groups in total. The zero-order valence-electron chi connectivity index (χ0n) is 13.1. The Bertz CT molecular complexity index is 793.